The molecule has 2 rings (SSSR count). The summed E-state index contributed by atoms with van der Waals surface area (Å²) in [7, 11) is 0. The van der Waals surface area contributed by atoms with Crippen LogP contribution < -0.4 is 15.4 Å². The van der Waals surface area contributed by atoms with Crippen LogP contribution in [-0.4, -0.2) is 17.7 Å². The third-order valence-corrected chi connectivity index (χ3v) is 4.36. The first-order valence-corrected chi connectivity index (χ1v) is 9.49. The quantitative estimate of drug-likeness (QED) is 0.671. The minimum Gasteiger partial charge on any atom is -0.494 e. The lowest BCUT2D eigenvalue weighted by Crippen LogP contribution is -2.40. The van der Waals surface area contributed by atoms with Crippen LogP contribution in [0, 0.1) is 0 Å². The summed E-state index contributed by atoms with van der Waals surface area (Å²) in [5.41, 5.74) is 2.75. The molecule has 0 aliphatic heterocycles. The lowest BCUT2D eigenvalue weighted by molar-refractivity contribution is 0.247. The zero-order valence-electron chi connectivity index (χ0n) is 16.9. The average molecular weight is 355 g/mol. The van der Waals surface area contributed by atoms with Gasteiger partial charge in [0, 0.05) is 24.2 Å². The highest BCUT2D eigenvalue weighted by atomic mass is 16.5. The molecule has 0 saturated heterocycles. The maximum atomic E-state index is 5.93. The summed E-state index contributed by atoms with van der Waals surface area (Å²) in [4.78, 5) is 0. The third-order valence-electron chi connectivity index (χ3n) is 4.36. The maximum Gasteiger partial charge on any atom is 0.119 e. The van der Waals surface area contributed by atoms with Gasteiger partial charge in [-0.25, -0.2) is 0 Å². The van der Waals surface area contributed by atoms with E-state index in [4.69, 9.17) is 4.74 Å². The van der Waals surface area contributed by atoms with Crippen molar-refractivity contribution in [3.05, 3.63) is 65.7 Å². The van der Waals surface area contributed by atoms with Crippen molar-refractivity contribution >= 4 is 0 Å². The number of hydrogen-bond donors (Lipinski definition) is 2. The minimum atomic E-state index is 0.0341. The van der Waals surface area contributed by atoms with Gasteiger partial charge in [-0.05, 0) is 64.3 Å². The molecule has 26 heavy (non-hydrogen) atoms. The molecule has 0 aliphatic carbocycles. The molecule has 0 saturated carbocycles. The Kier molecular flexibility index (Phi) is 7.24. The van der Waals surface area contributed by atoms with E-state index >= 15 is 0 Å². The summed E-state index contributed by atoms with van der Waals surface area (Å²) in [5, 5.41) is 7.11. The number of nitrogens with one attached hydrogen (secondary N) is 2. The highest BCUT2D eigenvalue weighted by molar-refractivity contribution is 5.27. The standard InChI is InChI=1S/C23H34N2O/c1-22(2,3)24-17-20-11-13-21(14-12-20)26-16-15-23(4,5)25-18-19-9-7-6-8-10-19/h6-14,24-25H,15-18H2,1-5H3. The molecule has 0 spiro atoms. The normalized spacial score (nSPS) is 12.2. The smallest absolute Gasteiger partial charge is 0.119 e. The first kappa shape index (κ1) is 20.5. The lowest BCUT2D eigenvalue weighted by atomic mass is 10.0. The summed E-state index contributed by atoms with van der Waals surface area (Å²) in [5.74, 6) is 0.934. The van der Waals surface area contributed by atoms with Gasteiger partial charge in [0.2, 0.25) is 0 Å². The number of ether oxygens (including phenoxy) is 1. The van der Waals surface area contributed by atoms with Crippen LogP contribution >= 0.6 is 0 Å². The topological polar surface area (TPSA) is 33.3 Å². The Hall–Kier alpha value is -1.84. The summed E-state index contributed by atoms with van der Waals surface area (Å²) in [6, 6.07) is 18.9. The largest absolute Gasteiger partial charge is 0.494 e. The molecular formula is C23H34N2O. The first-order valence-electron chi connectivity index (χ1n) is 9.49. The van der Waals surface area contributed by atoms with Crippen molar-refractivity contribution in [2.24, 2.45) is 0 Å². The first-order chi connectivity index (χ1) is 12.2. The Labute approximate surface area is 159 Å². The molecule has 2 aromatic carbocycles. The van der Waals surface area contributed by atoms with Gasteiger partial charge in [-0.2, -0.15) is 0 Å². The Morgan fingerprint density at radius 1 is 0.731 bits per heavy atom. The second-order valence-electron chi connectivity index (χ2n) is 8.57. The van der Waals surface area contributed by atoms with Gasteiger partial charge in [-0.3, -0.25) is 0 Å². The van der Waals surface area contributed by atoms with Crippen molar-refractivity contribution in [3.8, 4) is 5.75 Å². The molecule has 0 atom stereocenters. The van der Waals surface area contributed by atoms with Crippen LogP contribution in [0.2, 0.25) is 0 Å². The van der Waals surface area contributed by atoms with Crippen LogP contribution in [0.15, 0.2) is 54.6 Å². The van der Waals surface area contributed by atoms with Gasteiger partial charge in [0.05, 0.1) is 6.61 Å². The van der Waals surface area contributed by atoms with Crippen LogP contribution in [0.1, 0.15) is 52.2 Å². The summed E-state index contributed by atoms with van der Waals surface area (Å²) in [6.45, 7) is 13.4. The van der Waals surface area contributed by atoms with Crippen LogP contribution in [0.25, 0.3) is 0 Å². The molecule has 0 aromatic heterocycles. The van der Waals surface area contributed by atoms with Crippen molar-refractivity contribution in [2.45, 2.75) is 65.2 Å². The van der Waals surface area contributed by atoms with Gasteiger partial charge in [0.25, 0.3) is 0 Å². The van der Waals surface area contributed by atoms with Crippen molar-refractivity contribution in [3.63, 3.8) is 0 Å². The predicted molar refractivity (Wildman–Crippen MR) is 111 cm³/mol. The molecule has 0 unspecified atom stereocenters. The van der Waals surface area contributed by atoms with Crippen LogP contribution in [0.3, 0.4) is 0 Å². The molecule has 0 bridgehead atoms. The van der Waals surface area contributed by atoms with E-state index in [-0.39, 0.29) is 11.1 Å². The third kappa shape index (κ3) is 8.03. The minimum absolute atomic E-state index is 0.0341. The molecule has 3 heteroatoms. The van der Waals surface area contributed by atoms with Gasteiger partial charge >= 0.3 is 0 Å². The zero-order chi connectivity index (χ0) is 19.0. The zero-order valence-corrected chi connectivity index (χ0v) is 16.9. The van der Waals surface area contributed by atoms with E-state index in [1.807, 2.05) is 6.07 Å². The molecule has 0 radical (unpaired) electrons. The number of rotatable bonds is 9. The molecule has 0 amide bonds. The van der Waals surface area contributed by atoms with Gasteiger partial charge in [0.1, 0.15) is 5.75 Å². The van der Waals surface area contributed by atoms with E-state index in [0.717, 1.165) is 25.3 Å². The van der Waals surface area contributed by atoms with Crippen molar-refractivity contribution in [1.82, 2.24) is 10.6 Å². The van der Waals surface area contributed by atoms with Gasteiger partial charge in [0.15, 0.2) is 0 Å². The van der Waals surface area contributed by atoms with Crippen molar-refractivity contribution in [1.29, 1.82) is 0 Å². The molecule has 0 heterocycles. The Morgan fingerprint density at radius 2 is 1.31 bits per heavy atom. The van der Waals surface area contributed by atoms with Gasteiger partial charge in [-0.15, -0.1) is 0 Å². The average Bonchev–Trinajstić information content (AvgIpc) is 2.60. The maximum absolute atomic E-state index is 5.93. The predicted octanol–water partition coefficient (Wildman–Crippen LogP) is 4.91. The molecule has 2 aromatic rings. The molecule has 3 nitrogen and oxygen atoms in total. The van der Waals surface area contributed by atoms with Gasteiger partial charge in [-0.1, -0.05) is 42.5 Å². The number of hydrogen-bond acceptors (Lipinski definition) is 3. The second-order valence-corrected chi connectivity index (χ2v) is 8.57. The second kappa shape index (κ2) is 9.20. The molecule has 0 fully saturated rings. The fourth-order valence-corrected chi connectivity index (χ4v) is 2.52. The van der Waals surface area contributed by atoms with Crippen molar-refractivity contribution < 1.29 is 4.74 Å². The fraction of sp³-hybridized carbons (Fsp3) is 0.478. The highest BCUT2D eigenvalue weighted by Crippen LogP contribution is 2.16. The van der Waals surface area contributed by atoms with Crippen LogP contribution in [0.5, 0.6) is 5.75 Å². The van der Waals surface area contributed by atoms with Crippen LogP contribution in [-0.2, 0) is 13.1 Å². The lowest BCUT2D eigenvalue weighted by Gasteiger charge is -2.26. The SMILES string of the molecule is CC(C)(C)NCc1ccc(OCCC(C)(C)NCc2ccccc2)cc1. The molecule has 0 aliphatic rings. The Bertz CT molecular complexity index is 642. The molecule has 2 N–H and O–H groups in total. The van der Waals surface area contributed by atoms with E-state index in [1.165, 1.54) is 11.1 Å². The van der Waals surface area contributed by atoms with Crippen LogP contribution in [0.4, 0.5) is 0 Å². The van der Waals surface area contributed by atoms with E-state index in [9.17, 15) is 0 Å². The molecule has 142 valence electrons. The Morgan fingerprint density at radius 3 is 1.92 bits per heavy atom. The van der Waals surface area contributed by atoms with E-state index in [0.29, 0.717) is 6.61 Å². The Balaban J connectivity index is 1.72. The van der Waals surface area contributed by atoms with E-state index in [1.54, 1.807) is 0 Å². The highest BCUT2D eigenvalue weighted by Gasteiger charge is 2.17. The summed E-state index contributed by atoms with van der Waals surface area (Å²) < 4.78 is 5.93. The van der Waals surface area contributed by atoms with E-state index in [2.05, 4.69) is 93.8 Å². The summed E-state index contributed by atoms with van der Waals surface area (Å²) in [6.07, 6.45) is 0.952. The molecular weight excluding hydrogens is 320 g/mol. The van der Waals surface area contributed by atoms with E-state index < -0.39 is 0 Å². The summed E-state index contributed by atoms with van der Waals surface area (Å²) >= 11 is 0. The number of benzene rings is 2. The monoisotopic (exact) mass is 354 g/mol. The fourth-order valence-electron chi connectivity index (χ4n) is 2.52. The van der Waals surface area contributed by atoms with Gasteiger partial charge < -0.3 is 15.4 Å². The van der Waals surface area contributed by atoms with Crippen molar-refractivity contribution in [2.75, 3.05) is 6.61 Å².